The zero-order chi connectivity index (χ0) is 21.8. The fourth-order valence-corrected chi connectivity index (χ4v) is 5.79. The Balaban J connectivity index is 1.49. The highest BCUT2D eigenvalue weighted by atomic mass is 35.5. The summed E-state index contributed by atoms with van der Waals surface area (Å²) in [7, 11) is -4.14. The Morgan fingerprint density at radius 2 is 2.06 bits per heavy atom. The first-order valence-electron chi connectivity index (χ1n) is 9.76. The maximum atomic E-state index is 14.7. The average Bonchev–Trinajstić information content (AvgIpc) is 3.27. The number of halogens is 2. The topological polar surface area (TPSA) is 80.3 Å². The molecule has 4 rings (SSSR count). The second-order valence-electron chi connectivity index (χ2n) is 7.19. The summed E-state index contributed by atoms with van der Waals surface area (Å²) in [6.45, 7) is 1.21. The van der Waals surface area contributed by atoms with Crippen molar-refractivity contribution in [2.24, 2.45) is 5.92 Å². The highest BCUT2D eigenvalue weighted by molar-refractivity contribution is 7.93. The van der Waals surface area contributed by atoms with Gasteiger partial charge in [0.25, 0.3) is 10.0 Å². The van der Waals surface area contributed by atoms with Gasteiger partial charge in [0.05, 0.1) is 16.8 Å². The summed E-state index contributed by atoms with van der Waals surface area (Å²) in [6, 6.07) is 12.2. The van der Waals surface area contributed by atoms with Crippen LogP contribution < -0.4 is 10.0 Å². The molecule has 0 bridgehead atoms. The van der Waals surface area contributed by atoms with Gasteiger partial charge in [-0.05, 0) is 30.5 Å². The lowest BCUT2D eigenvalue weighted by molar-refractivity contribution is -0.0238. The van der Waals surface area contributed by atoms with E-state index in [9.17, 15) is 12.8 Å². The first-order valence-corrected chi connectivity index (χ1v) is 12.5. The van der Waals surface area contributed by atoms with Gasteiger partial charge in [0.1, 0.15) is 10.7 Å². The van der Waals surface area contributed by atoms with Crippen LogP contribution in [0.15, 0.2) is 58.9 Å². The molecule has 164 valence electrons. The molecular weight excluding hydrogens is 461 g/mol. The fourth-order valence-electron chi connectivity index (χ4n) is 3.62. The number of sulfonamides is 1. The van der Waals surface area contributed by atoms with Crippen LogP contribution in [-0.4, -0.2) is 26.6 Å². The molecule has 0 amide bonds. The van der Waals surface area contributed by atoms with Crippen LogP contribution in [-0.2, 0) is 14.8 Å². The summed E-state index contributed by atoms with van der Waals surface area (Å²) >= 11 is 7.39. The van der Waals surface area contributed by atoms with E-state index in [1.165, 1.54) is 6.20 Å². The molecule has 1 saturated heterocycles. The molecule has 0 saturated carbocycles. The zero-order valence-corrected chi connectivity index (χ0v) is 18.8. The molecule has 1 aromatic heterocycles. The Morgan fingerprint density at radius 3 is 2.81 bits per heavy atom. The summed E-state index contributed by atoms with van der Waals surface area (Å²) in [6.07, 6.45) is 3.29. The molecule has 1 fully saturated rings. The van der Waals surface area contributed by atoms with E-state index in [1.807, 2.05) is 30.3 Å². The molecule has 2 heterocycles. The third kappa shape index (κ3) is 5.17. The molecule has 0 aliphatic carbocycles. The third-order valence-electron chi connectivity index (χ3n) is 5.09. The summed E-state index contributed by atoms with van der Waals surface area (Å²) < 4.78 is 48.0. The fraction of sp³-hybridized carbons (Fsp3) is 0.286. The molecule has 0 spiro atoms. The van der Waals surface area contributed by atoms with Gasteiger partial charge in [0.15, 0.2) is 5.13 Å². The third-order valence-corrected chi connectivity index (χ3v) is 7.58. The van der Waals surface area contributed by atoms with Gasteiger partial charge < -0.3 is 10.1 Å². The monoisotopic (exact) mass is 481 g/mol. The number of nitrogens with zero attached hydrogens (tertiary/aromatic N) is 1. The van der Waals surface area contributed by atoms with Crippen LogP contribution in [0.1, 0.15) is 24.5 Å². The minimum atomic E-state index is -4.14. The summed E-state index contributed by atoms with van der Waals surface area (Å²) in [5.74, 6) is -0.722. The number of benzene rings is 2. The van der Waals surface area contributed by atoms with E-state index in [-0.39, 0.29) is 22.2 Å². The Hall–Kier alpha value is -2.20. The van der Waals surface area contributed by atoms with Crippen molar-refractivity contribution < 1.29 is 17.5 Å². The normalized spacial score (nSPS) is 19.2. The standard InChI is InChI=1S/C21H21ClFN3O3S2/c22-16-11-19(31(27,28)26-21-24-8-10-30-21)17(23)12-18(16)25-13-15-7-4-9-29-20(15)14-5-2-1-3-6-14/h1-3,5-6,8,10-12,15,20,25H,4,7,9,13H2,(H,24,26). The van der Waals surface area contributed by atoms with Gasteiger partial charge in [0, 0.05) is 30.6 Å². The molecule has 2 atom stereocenters. The Labute approximate surface area is 189 Å². The second-order valence-corrected chi connectivity index (χ2v) is 10.1. The SMILES string of the molecule is O=S(=O)(Nc1nccs1)c1cc(Cl)c(NCC2CCCOC2c2ccccc2)cc1F. The maximum Gasteiger partial charge on any atom is 0.266 e. The van der Waals surface area contributed by atoms with Crippen LogP contribution >= 0.6 is 22.9 Å². The van der Waals surface area contributed by atoms with E-state index in [2.05, 4.69) is 15.0 Å². The number of anilines is 2. The van der Waals surface area contributed by atoms with Gasteiger partial charge in [-0.25, -0.2) is 17.8 Å². The van der Waals surface area contributed by atoms with Crippen molar-refractivity contribution >= 4 is 43.8 Å². The van der Waals surface area contributed by atoms with Crippen molar-refractivity contribution in [3.05, 3.63) is 70.4 Å². The number of hydrogen-bond donors (Lipinski definition) is 2. The van der Waals surface area contributed by atoms with Crippen LogP contribution in [0.5, 0.6) is 0 Å². The van der Waals surface area contributed by atoms with Crippen LogP contribution in [0, 0.1) is 11.7 Å². The van der Waals surface area contributed by atoms with E-state index in [4.69, 9.17) is 16.3 Å². The van der Waals surface area contributed by atoms with Gasteiger partial charge in [-0.2, -0.15) is 0 Å². The molecule has 2 N–H and O–H groups in total. The predicted molar refractivity (Wildman–Crippen MR) is 121 cm³/mol. The molecule has 2 unspecified atom stereocenters. The lowest BCUT2D eigenvalue weighted by Gasteiger charge is -2.32. The Kier molecular flexibility index (Phi) is 6.76. The summed E-state index contributed by atoms with van der Waals surface area (Å²) in [4.78, 5) is 3.33. The van der Waals surface area contributed by atoms with E-state index in [0.717, 1.165) is 41.9 Å². The van der Waals surface area contributed by atoms with Gasteiger partial charge in [0.2, 0.25) is 0 Å². The summed E-state index contributed by atoms with van der Waals surface area (Å²) in [5, 5.41) is 5.06. The molecule has 1 aliphatic heterocycles. The zero-order valence-electron chi connectivity index (χ0n) is 16.4. The quantitative estimate of drug-likeness (QED) is 0.477. The van der Waals surface area contributed by atoms with E-state index in [1.54, 1.807) is 5.38 Å². The highest BCUT2D eigenvalue weighted by Gasteiger charge is 2.28. The van der Waals surface area contributed by atoms with E-state index < -0.39 is 20.7 Å². The largest absolute Gasteiger partial charge is 0.383 e. The van der Waals surface area contributed by atoms with Crippen molar-refractivity contribution in [3.63, 3.8) is 0 Å². The maximum absolute atomic E-state index is 14.7. The Morgan fingerprint density at radius 1 is 1.26 bits per heavy atom. The molecule has 0 radical (unpaired) electrons. The van der Waals surface area contributed by atoms with Crippen molar-refractivity contribution in [1.29, 1.82) is 0 Å². The van der Waals surface area contributed by atoms with Crippen LogP contribution in [0.3, 0.4) is 0 Å². The van der Waals surface area contributed by atoms with Gasteiger partial charge in [-0.3, -0.25) is 4.72 Å². The first kappa shape index (κ1) is 22.0. The minimum Gasteiger partial charge on any atom is -0.383 e. The number of hydrogen-bond acceptors (Lipinski definition) is 6. The van der Waals surface area contributed by atoms with Gasteiger partial charge in [-0.15, -0.1) is 11.3 Å². The smallest absolute Gasteiger partial charge is 0.266 e. The molecule has 31 heavy (non-hydrogen) atoms. The second kappa shape index (κ2) is 9.52. The molecule has 2 aromatic carbocycles. The van der Waals surface area contributed by atoms with Crippen LogP contribution in [0.4, 0.5) is 15.2 Å². The number of thiazole rings is 1. The number of rotatable bonds is 7. The van der Waals surface area contributed by atoms with Crippen molar-refractivity contribution in [3.8, 4) is 0 Å². The van der Waals surface area contributed by atoms with Crippen molar-refractivity contribution in [2.45, 2.75) is 23.8 Å². The number of aromatic nitrogens is 1. The molecule has 6 nitrogen and oxygen atoms in total. The van der Waals surface area contributed by atoms with Crippen LogP contribution in [0.2, 0.25) is 5.02 Å². The number of nitrogens with one attached hydrogen (secondary N) is 2. The molecular formula is C21H21ClFN3O3S2. The van der Waals surface area contributed by atoms with Crippen molar-refractivity contribution in [1.82, 2.24) is 4.98 Å². The predicted octanol–water partition coefficient (Wildman–Crippen LogP) is 5.32. The van der Waals surface area contributed by atoms with E-state index >= 15 is 0 Å². The van der Waals surface area contributed by atoms with E-state index in [0.29, 0.717) is 18.8 Å². The van der Waals surface area contributed by atoms with Gasteiger partial charge in [-0.1, -0.05) is 41.9 Å². The number of ether oxygens (including phenoxy) is 1. The Bertz CT molecular complexity index is 1130. The molecule has 3 aromatic rings. The molecule has 1 aliphatic rings. The van der Waals surface area contributed by atoms with Crippen molar-refractivity contribution in [2.75, 3.05) is 23.2 Å². The van der Waals surface area contributed by atoms with Crippen LogP contribution in [0.25, 0.3) is 0 Å². The summed E-state index contributed by atoms with van der Waals surface area (Å²) in [5.41, 5.74) is 1.44. The average molecular weight is 482 g/mol. The minimum absolute atomic E-state index is 0.0618. The first-order chi connectivity index (χ1) is 14.9. The lowest BCUT2D eigenvalue weighted by atomic mass is 9.89. The van der Waals surface area contributed by atoms with Gasteiger partial charge >= 0.3 is 0 Å². The molecule has 10 heteroatoms. The highest BCUT2D eigenvalue weighted by Crippen LogP contribution is 2.35. The lowest BCUT2D eigenvalue weighted by Crippen LogP contribution is -2.28.